The van der Waals surface area contributed by atoms with Crippen molar-refractivity contribution >= 4 is 5.69 Å². The fraction of sp³-hybridized carbons (Fsp3) is 0.625. The van der Waals surface area contributed by atoms with E-state index in [0.717, 1.165) is 18.7 Å². The molecule has 0 heterocycles. The summed E-state index contributed by atoms with van der Waals surface area (Å²) in [5.41, 5.74) is 1.25. The maximum atomic E-state index is 13.2. The van der Waals surface area contributed by atoms with Crippen LogP contribution >= 0.6 is 0 Å². The van der Waals surface area contributed by atoms with E-state index in [4.69, 9.17) is 0 Å². The van der Waals surface area contributed by atoms with Crippen LogP contribution in [-0.4, -0.2) is 26.2 Å². The summed E-state index contributed by atoms with van der Waals surface area (Å²) in [4.78, 5) is 2.15. The van der Waals surface area contributed by atoms with Crippen LogP contribution in [0.4, 0.5) is 10.1 Å². The third-order valence-corrected chi connectivity index (χ3v) is 4.52. The first-order valence-electron chi connectivity index (χ1n) is 7.31. The molecule has 0 spiro atoms. The van der Waals surface area contributed by atoms with Gasteiger partial charge in [0.25, 0.3) is 0 Å². The predicted molar refractivity (Wildman–Crippen MR) is 79.2 cm³/mol. The summed E-state index contributed by atoms with van der Waals surface area (Å²) in [6, 6.07) is 6.84. The maximum absolute atomic E-state index is 13.2. The van der Waals surface area contributed by atoms with Crippen molar-refractivity contribution in [1.29, 1.82) is 0 Å². The molecule has 2 rings (SSSR count). The van der Waals surface area contributed by atoms with E-state index in [1.165, 1.54) is 38.2 Å². The molecule has 0 aromatic heterocycles. The minimum Gasteiger partial charge on any atom is -0.374 e. The van der Waals surface area contributed by atoms with E-state index in [1.54, 1.807) is 12.1 Å². The summed E-state index contributed by atoms with van der Waals surface area (Å²) < 4.78 is 13.2. The molecule has 0 saturated heterocycles. The molecular formula is C16H25FN2. The van der Waals surface area contributed by atoms with Gasteiger partial charge >= 0.3 is 0 Å². The van der Waals surface area contributed by atoms with E-state index in [0.29, 0.717) is 5.54 Å². The van der Waals surface area contributed by atoms with E-state index >= 15 is 0 Å². The maximum Gasteiger partial charge on any atom is 0.125 e. The van der Waals surface area contributed by atoms with Crippen LogP contribution in [0.25, 0.3) is 0 Å². The Morgan fingerprint density at radius 1 is 1.26 bits per heavy atom. The molecule has 0 aliphatic heterocycles. The van der Waals surface area contributed by atoms with Gasteiger partial charge in [0.1, 0.15) is 5.82 Å². The molecule has 106 valence electrons. The van der Waals surface area contributed by atoms with Gasteiger partial charge in [-0.25, -0.2) is 4.39 Å². The first-order valence-corrected chi connectivity index (χ1v) is 7.31. The second-order valence-electron chi connectivity index (χ2n) is 5.74. The summed E-state index contributed by atoms with van der Waals surface area (Å²) in [6.07, 6.45) is 7.66. The smallest absolute Gasteiger partial charge is 0.125 e. The van der Waals surface area contributed by atoms with Crippen LogP contribution < -0.4 is 10.2 Å². The van der Waals surface area contributed by atoms with E-state index < -0.39 is 0 Å². The van der Waals surface area contributed by atoms with Crippen LogP contribution in [0.15, 0.2) is 24.3 Å². The number of hydrogen-bond donors (Lipinski definition) is 1. The highest BCUT2D eigenvalue weighted by molar-refractivity contribution is 5.45. The molecule has 0 amide bonds. The van der Waals surface area contributed by atoms with Gasteiger partial charge in [0, 0.05) is 24.8 Å². The molecule has 1 aromatic rings. The second-order valence-corrected chi connectivity index (χ2v) is 5.74. The lowest BCUT2D eigenvalue weighted by Gasteiger charge is -2.38. The quantitative estimate of drug-likeness (QED) is 0.874. The fourth-order valence-electron chi connectivity index (χ4n) is 3.08. The number of hydrogen-bond acceptors (Lipinski definition) is 2. The Bertz CT molecular complexity index is 399. The normalized spacial score (nSPS) is 18.3. The van der Waals surface area contributed by atoms with Crippen molar-refractivity contribution in [3.8, 4) is 0 Å². The van der Waals surface area contributed by atoms with E-state index in [9.17, 15) is 4.39 Å². The van der Waals surface area contributed by atoms with Crippen molar-refractivity contribution in [3.63, 3.8) is 0 Å². The number of benzene rings is 1. The summed E-state index contributed by atoms with van der Waals surface area (Å²) in [7, 11) is 4.12. The average Bonchev–Trinajstić information content (AvgIpc) is 2.46. The zero-order chi connectivity index (χ0) is 13.7. The summed E-state index contributed by atoms with van der Waals surface area (Å²) >= 11 is 0. The number of rotatable bonds is 5. The summed E-state index contributed by atoms with van der Waals surface area (Å²) in [5, 5.41) is 3.53. The number of nitrogens with zero attached hydrogens (tertiary/aromatic N) is 1. The van der Waals surface area contributed by atoms with Crippen molar-refractivity contribution in [2.75, 3.05) is 25.5 Å². The highest BCUT2D eigenvalue weighted by Gasteiger charge is 2.29. The Kier molecular flexibility index (Phi) is 4.81. The Morgan fingerprint density at radius 3 is 2.63 bits per heavy atom. The molecule has 1 N–H and O–H groups in total. The van der Waals surface area contributed by atoms with Gasteiger partial charge in [-0.1, -0.05) is 25.3 Å². The molecule has 1 saturated carbocycles. The first kappa shape index (κ1) is 14.3. The molecule has 1 aliphatic rings. The van der Waals surface area contributed by atoms with Gasteiger partial charge in [0.2, 0.25) is 0 Å². The van der Waals surface area contributed by atoms with E-state index in [2.05, 4.69) is 17.3 Å². The first-order chi connectivity index (χ1) is 9.15. The van der Waals surface area contributed by atoms with Crippen LogP contribution in [0.2, 0.25) is 0 Å². The molecular weight excluding hydrogens is 239 g/mol. The molecule has 1 aliphatic carbocycles. The molecule has 0 unspecified atom stereocenters. The summed E-state index contributed by atoms with van der Waals surface area (Å²) in [5.74, 6) is -0.162. The standard InChI is InChI=1S/C16H25FN2/c1-18-16(9-4-3-5-10-16)11-12-19(2)15-8-6-7-14(17)13-15/h6-8,13,18H,3-5,9-12H2,1-2H3. The van der Waals surface area contributed by atoms with Crippen LogP contribution in [0.1, 0.15) is 38.5 Å². The van der Waals surface area contributed by atoms with Crippen molar-refractivity contribution in [3.05, 3.63) is 30.1 Å². The van der Waals surface area contributed by atoms with Gasteiger partial charge in [-0.2, -0.15) is 0 Å². The molecule has 2 nitrogen and oxygen atoms in total. The van der Waals surface area contributed by atoms with Crippen molar-refractivity contribution in [2.45, 2.75) is 44.1 Å². The Balaban J connectivity index is 1.93. The lowest BCUT2D eigenvalue weighted by molar-refractivity contribution is 0.233. The molecule has 3 heteroatoms. The number of anilines is 1. The number of nitrogens with one attached hydrogen (secondary N) is 1. The fourth-order valence-corrected chi connectivity index (χ4v) is 3.08. The lowest BCUT2D eigenvalue weighted by Crippen LogP contribution is -2.46. The molecule has 0 radical (unpaired) electrons. The van der Waals surface area contributed by atoms with Gasteiger partial charge in [0.15, 0.2) is 0 Å². The SMILES string of the molecule is CNC1(CCN(C)c2cccc(F)c2)CCCCC1. The highest BCUT2D eigenvalue weighted by Crippen LogP contribution is 2.31. The van der Waals surface area contributed by atoms with Gasteiger partial charge in [-0.05, 0) is 44.5 Å². The van der Waals surface area contributed by atoms with Crippen LogP contribution in [-0.2, 0) is 0 Å². The van der Waals surface area contributed by atoms with E-state index in [1.807, 2.05) is 13.1 Å². The predicted octanol–water partition coefficient (Wildman–Crippen LogP) is 3.57. The highest BCUT2D eigenvalue weighted by atomic mass is 19.1. The van der Waals surface area contributed by atoms with Crippen LogP contribution in [0, 0.1) is 5.82 Å². The summed E-state index contributed by atoms with van der Waals surface area (Å²) in [6.45, 7) is 0.963. The van der Waals surface area contributed by atoms with Gasteiger partial charge in [-0.15, -0.1) is 0 Å². The van der Waals surface area contributed by atoms with Crippen LogP contribution in [0.5, 0.6) is 0 Å². The molecule has 0 atom stereocenters. The van der Waals surface area contributed by atoms with Gasteiger partial charge < -0.3 is 10.2 Å². The Morgan fingerprint density at radius 2 is 2.00 bits per heavy atom. The van der Waals surface area contributed by atoms with Crippen molar-refractivity contribution < 1.29 is 4.39 Å². The zero-order valence-corrected chi connectivity index (χ0v) is 12.1. The van der Waals surface area contributed by atoms with Crippen molar-refractivity contribution in [1.82, 2.24) is 5.32 Å². The molecule has 19 heavy (non-hydrogen) atoms. The topological polar surface area (TPSA) is 15.3 Å². The Labute approximate surface area is 116 Å². The number of halogens is 1. The molecule has 1 fully saturated rings. The third kappa shape index (κ3) is 3.69. The van der Waals surface area contributed by atoms with Crippen LogP contribution in [0.3, 0.4) is 0 Å². The Hall–Kier alpha value is -1.09. The molecule has 0 bridgehead atoms. The van der Waals surface area contributed by atoms with E-state index in [-0.39, 0.29) is 5.82 Å². The second kappa shape index (κ2) is 6.38. The minimum absolute atomic E-state index is 0.162. The van der Waals surface area contributed by atoms with Crippen molar-refractivity contribution in [2.24, 2.45) is 0 Å². The monoisotopic (exact) mass is 264 g/mol. The third-order valence-electron chi connectivity index (χ3n) is 4.52. The lowest BCUT2D eigenvalue weighted by atomic mass is 9.79. The zero-order valence-electron chi connectivity index (χ0n) is 12.1. The van der Waals surface area contributed by atoms with Gasteiger partial charge in [0.05, 0.1) is 0 Å². The minimum atomic E-state index is -0.162. The largest absolute Gasteiger partial charge is 0.374 e. The average molecular weight is 264 g/mol. The molecule has 1 aromatic carbocycles. The van der Waals surface area contributed by atoms with Gasteiger partial charge in [-0.3, -0.25) is 0 Å².